The highest BCUT2D eigenvalue weighted by Gasteiger charge is 2.06. The molecule has 0 aromatic heterocycles. The van der Waals surface area contributed by atoms with Gasteiger partial charge in [-0.15, -0.1) is 0 Å². The van der Waals surface area contributed by atoms with Gasteiger partial charge in [0.2, 0.25) is 10.0 Å². The molecule has 0 unspecified atom stereocenters. The smallest absolute Gasteiger partial charge is 0.229 e. The minimum absolute atomic E-state index is 0.417. The lowest BCUT2D eigenvalue weighted by Crippen LogP contribution is -2.10. The summed E-state index contributed by atoms with van der Waals surface area (Å²) in [5.41, 5.74) is 1.53. The highest BCUT2D eigenvalue weighted by Crippen LogP contribution is 2.24. The molecule has 0 amide bonds. The Morgan fingerprint density at radius 1 is 1.40 bits per heavy atom. The van der Waals surface area contributed by atoms with Gasteiger partial charge in [0.1, 0.15) is 0 Å². The molecular weight excluding hydrogens is 234 g/mol. The maximum Gasteiger partial charge on any atom is 0.229 e. The Morgan fingerprint density at radius 3 is 2.60 bits per heavy atom. The van der Waals surface area contributed by atoms with Crippen LogP contribution in [0, 0.1) is 0 Å². The van der Waals surface area contributed by atoms with E-state index < -0.39 is 10.0 Å². The zero-order valence-corrected chi connectivity index (χ0v) is 10.3. The van der Waals surface area contributed by atoms with Crippen LogP contribution in [0.4, 0.5) is 5.69 Å². The average Bonchev–Trinajstić information content (AvgIpc) is 2.09. The molecule has 0 fully saturated rings. The summed E-state index contributed by atoms with van der Waals surface area (Å²) in [5, 5.41) is 0.417. The Kier molecular flexibility index (Phi) is 3.99. The molecule has 0 bridgehead atoms. The van der Waals surface area contributed by atoms with Crippen LogP contribution in [-0.4, -0.2) is 14.7 Å². The molecule has 0 saturated carbocycles. The van der Waals surface area contributed by atoms with Crippen molar-refractivity contribution in [3.8, 4) is 0 Å². The van der Waals surface area contributed by atoms with Crippen molar-refractivity contribution in [3.63, 3.8) is 0 Å². The summed E-state index contributed by atoms with van der Waals surface area (Å²) in [5.74, 6) is 0. The van der Waals surface area contributed by atoms with Crippen LogP contribution in [0.5, 0.6) is 0 Å². The number of nitrogens with one attached hydrogen (secondary N) is 1. The van der Waals surface area contributed by atoms with Crippen molar-refractivity contribution >= 4 is 27.3 Å². The molecule has 0 atom stereocenters. The van der Waals surface area contributed by atoms with Gasteiger partial charge in [-0.2, -0.15) is 0 Å². The van der Waals surface area contributed by atoms with Gasteiger partial charge >= 0.3 is 0 Å². The molecule has 0 spiro atoms. The van der Waals surface area contributed by atoms with Crippen LogP contribution in [0.2, 0.25) is 5.02 Å². The fourth-order valence-corrected chi connectivity index (χ4v) is 2.08. The third-order valence-electron chi connectivity index (χ3n) is 1.86. The van der Waals surface area contributed by atoms with Gasteiger partial charge in [0.15, 0.2) is 0 Å². The highest BCUT2D eigenvalue weighted by molar-refractivity contribution is 7.92. The molecule has 0 saturated heterocycles. The lowest BCUT2D eigenvalue weighted by atomic mass is 10.1. The topological polar surface area (TPSA) is 46.2 Å². The fraction of sp³-hybridized carbons (Fsp3) is 0.400. The number of benzene rings is 1. The van der Waals surface area contributed by atoms with E-state index in [1.54, 1.807) is 12.1 Å². The van der Waals surface area contributed by atoms with Gasteiger partial charge in [0, 0.05) is 0 Å². The molecule has 0 aliphatic carbocycles. The number of hydrogen-bond acceptors (Lipinski definition) is 2. The molecule has 0 radical (unpaired) electrons. The molecule has 1 aromatic carbocycles. The molecule has 1 aromatic rings. The summed E-state index contributed by atoms with van der Waals surface area (Å²) in [4.78, 5) is 0. The SMILES string of the molecule is CCCc1ccc(Cl)c(NS(C)(=O)=O)c1. The van der Waals surface area contributed by atoms with Crippen molar-refractivity contribution in [3.05, 3.63) is 28.8 Å². The summed E-state index contributed by atoms with van der Waals surface area (Å²) in [7, 11) is -3.27. The highest BCUT2D eigenvalue weighted by atomic mass is 35.5. The van der Waals surface area contributed by atoms with Gasteiger partial charge in [-0.1, -0.05) is 31.0 Å². The molecule has 1 N–H and O–H groups in total. The molecule has 0 aliphatic heterocycles. The summed E-state index contributed by atoms with van der Waals surface area (Å²) in [6.45, 7) is 2.07. The van der Waals surface area contributed by atoms with Gasteiger partial charge in [-0.25, -0.2) is 8.42 Å². The van der Waals surface area contributed by atoms with E-state index in [9.17, 15) is 8.42 Å². The minimum Gasteiger partial charge on any atom is -0.282 e. The van der Waals surface area contributed by atoms with Crippen molar-refractivity contribution in [2.75, 3.05) is 11.0 Å². The van der Waals surface area contributed by atoms with Crippen molar-refractivity contribution in [2.24, 2.45) is 0 Å². The second-order valence-corrected chi connectivity index (χ2v) is 5.59. The van der Waals surface area contributed by atoms with E-state index in [1.165, 1.54) is 0 Å². The normalized spacial score (nSPS) is 11.4. The van der Waals surface area contributed by atoms with Gasteiger partial charge < -0.3 is 0 Å². The first kappa shape index (κ1) is 12.3. The molecule has 84 valence electrons. The van der Waals surface area contributed by atoms with Gasteiger partial charge in [0.05, 0.1) is 17.0 Å². The van der Waals surface area contributed by atoms with Crippen LogP contribution >= 0.6 is 11.6 Å². The van der Waals surface area contributed by atoms with Gasteiger partial charge in [-0.05, 0) is 24.1 Å². The number of hydrogen-bond donors (Lipinski definition) is 1. The summed E-state index contributed by atoms with van der Waals surface area (Å²) >= 11 is 5.88. The van der Waals surface area contributed by atoms with Gasteiger partial charge in [0.25, 0.3) is 0 Å². The van der Waals surface area contributed by atoms with E-state index in [-0.39, 0.29) is 0 Å². The molecule has 1 rings (SSSR count). The quantitative estimate of drug-likeness (QED) is 0.889. The molecule has 15 heavy (non-hydrogen) atoms. The molecular formula is C10H14ClNO2S. The summed E-state index contributed by atoms with van der Waals surface area (Å²) in [6, 6.07) is 5.38. The standard InChI is InChI=1S/C10H14ClNO2S/c1-3-4-8-5-6-9(11)10(7-8)12-15(2,13)14/h5-7,12H,3-4H2,1-2H3. The van der Waals surface area contributed by atoms with E-state index in [1.807, 2.05) is 6.07 Å². The van der Waals surface area contributed by atoms with E-state index in [2.05, 4.69) is 11.6 Å². The zero-order chi connectivity index (χ0) is 11.5. The van der Waals surface area contributed by atoms with Crippen LogP contribution in [-0.2, 0) is 16.4 Å². The van der Waals surface area contributed by atoms with Gasteiger partial charge in [-0.3, -0.25) is 4.72 Å². The largest absolute Gasteiger partial charge is 0.282 e. The number of rotatable bonds is 4. The van der Waals surface area contributed by atoms with Crippen molar-refractivity contribution < 1.29 is 8.42 Å². The molecule has 0 aliphatic rings. The molecule has 3 nitrogen and oxygen atoms in total. The maximum atomic E-state index is 11.1. The lowest BCUT2D eigenvalue weighted by molar-refractivity contribution is 0.607. The summed E-state index contributed by atoms with van der Waals surface area (Å²) in [6.07, 6.45) is 3.03. The number of sulfonamides is 1. The van der Waals surface area contributed by atoms with E-state index >= 15 is 0 Å². The lowest BCUT2D eigenvalue weighted by Gasteiger charge is -2.08. The van der Waals surface area contributed by atoms with Crippen LogP contribution in [0.3, 0.4) is 0 Å². The Balaban J connectivity index is 3.00. The first-order valence-electron chi connectivity index (χ1n) is 4.68. The zero-order valence-electron chi connectivity index (χ0n) is 8.75. The summed E-state index contributed by atoms with van der Waals surface area (Å²) < 4.78 is 24.5. The van der Waals surface area contributed by atoms with Crippen molar-refractivity contribution in [1.29, 1.82) is 0 Å². The monoisotopic (exact) mass is 247 g/mol. The third kappa shape index (κ3) is 4.10. The Hall–Kier alpha value is -0.740. The van der Waals surface area contributed by atoms with E-state index in [0.29, 0.717) is 10.7 Å². The van der Waals surface area contributed by atoms with Crippen LogP contribution in [0.15, 0.2) is 18.2 Å². The maximum absolute atomic E-state index is 11.1. The third-order valence-corrected chi connectivity index (χ3v) is 2.79. The second-order valence-electron chi connectivity index (χ2n) is 3.44. The van der Waals surface area contributed by atoms with Crippen LogP contribution < -0.4 is 4.72 Å². The van der Waals surface area contributed by atoms with Crippen LogP contribution in [0.1, 0.15) is 18.9 Å². The minimum atomic E-state index is -3.27. The van der Waals surface area contributed by atoms with E-state index in [0.717, 1.165) is 24.7 Å². The Bertz CT molecular complexity index is 443. The van der Waals surface area contributed by atoms with Crippen LogP contribution in [0.25, 0.3) is 0 Å². The number of anilines is 1. The first-order chi connectivity index (χ1) is 6.92. The second kappa shape index (κ2) is 4.86. The van der Waals surface area contributed by atoms with E-state index in [4.69, 9.17) is 11.6 Å². The van der Waals surface area contributed by atoms with Crippen molar-refractivity contribution in [2.45, 2.75) is 19.8 Å². The molecule has 5 heteroatoms. The fourth-order valence-electron chi connectivity index (χ4n) is 1.29. The first-order valence-corrected chi connectivity index (χ1v) is 6.95. The Morgan fingerprint density at radius 2 is 2.07 bits per heavy atom. The van der Waals surface area contributed by atoms with Crippen molar-refractivity contribution in [1.82, 2.24) is 0 Å². The average molecular weight is 248 g/mol. The number of halogens is 1. The predicted octanol–water partition coefficient (Wildman–Crippen LogP) is 2.66. The number of aryl methyl sites for hydroxylation is 1. The predicted molar refractivity (Wildman–Crippen MR) is 63.9 cm³/mol. The Labute approximate surface area is 95.5 Å². The molecule has 0 heterocycles.